The van der Waals surface area contributed by atoms with Crippen molar-refractivity contribution < 1.29 is 14.6 Å². The zero-order valence-electron chi connectivity index (χ0n) is 15.0. The number of rotatable bonds is 4. The average Bonchev–Trinajstić information content (AvgIpc) is 3.03. The minimum absolute atomic E-state index is 0.0418. The van der Waals surface area contributed by atoms with Gasteiger partial charge in [-0.2, -0.15) is 5.10 Å². The highest BCUT2D eigenvalue weighted by atomic mass is 16.5. The van der Waals surface area contributed by atoms with E-state index in [2.05, 4.69) is 5.10 Å². The summed E-state index contributed by atoms with van der Waals surface area (Å²) in [5.41, 5.74) is -0.0868. The molecule has 0 spiro atoms. The average molecular weight is 343 g/mol. The largest absolute Gasteiger partial charge is 0.385 e. The monoisotopic (exact) mass is 343 g/mol. The van der Waals surface area contributed by atoms with Crippen molar-refractivity contribution in [2.24, 2.45) is 7.05 Å². The number of morpholine rings is 1. The van der Waals surface area contributed by atoms with Crippen LogP contribution in [0.3, 0.4) is 0 Å². The molecule has 2 unspecified atom stereocenters. The molecule has 25 heavy (non-hydrogen) atoms. The third kappa shape index (κ3) is 3.75. The van der Waals surface area contributed by atoms with E-state index < -0.39 is 11.2 Å². The van der Waals surface area contributed by atoms with Crippen LogP contribution in [0.15, 0.2) is 42.7 Å². The Labute approximate surface area is 148 Å². The van der Waals surface area contributed by atoms with Gasteiger partial charge in [-0.05, 0) is 19.4 Å². The van der Waals surface area contributed by atoms with E-state index in [9.17, 15) is 9.90 Å². The van der Waals surface area contributed by atoms with E-state index in [4.69, 9.17) is 4.74 Å². The van der Waals surface area contributed by atoms with Crippen molar-refractivity contribution in [3.8, 4) is 0 Å². The minimum atomic E-state index is -1.19. The van der Waals surface area contributed by atoms with E-state index in [1.165, 1.54) is 0 Å². The molecule has 1 aliphatic rings. The van der Waals surface area contributed by atoms with E-state index in [1.807, 2.05) is 50.5 Å². The highest BCUT2D eigenvalue weighted by Gasteiger charge is 2.38. The molecule has 1 fully saturated rings. The number of aliphatic hydroxyl groups is 1. The number of aromatic nitrogens is 2. The molecule has 2 heterocycles. The van der Waals surface area contributed by atoms with Crippen molar-refractivity contribution in [2.45, 2.75) is 31.5 Å². The summed E-state index contributed by atoms with van der Waals surface area (Å²) >= 11 is 0. The van der Waals surface area contributed by atoms with Crippen molar-refractivity contribution in [1.29, 1.82) is 0 Å². The standard InChI is InChI=1S/C19H25N3O3/c1-18(24,15-7-5-4-6-8-15)11-17(23)22-9-10-25-19(2,14-22)16-12-20-21(3)13-16/h4-8,12-13,24H,9-11,14H2,1-3H3. The lowest BCUT2D eigenvalue weighted by molar-refractivity contribution is -0.154. The number of aryl methyl sites for hydroxylation is 1. The van der Waals surface area contributed by atoms with Gasteiger partial charge in [0.05, 0.1) is 31.4 Å². The van der Waals surface area contributed by atoms with Crippen molar-refractivity contribution in [3.63, 3.8) is 0 Å². The van der Waals surface area contributed by atoms with E-state index in [-0.39, 0.29) is 12.3 Å². The quantitative estimate of drug-likeness (QED) is 0.919. The smallest absolute Gasteiger partial charge is 0.226 e. The number of hydrogen-bond acceptors (Lipinski definition) is 4. The number of benzene rings is 1. The van der Waals surface area contributed by atoms with Crippen LogP contribution in [0.4, 0.5) is 0 Å². The van der Waals surface area contributed by atoms with Gasteiger partial charge in [0.25, 0.3) is 0 Å². The molecule has 0 saturated carbocycles. The van der Waals surface area contributed by atoms with Gasteiger partial charge in [0.15, 0.2) is 0 Å². The van der Waals surface area contributed by atoms with Gasteiger partial charge in [0.1, 0.15) is 5.60 Å². The second-order valence-electron chi connectivity index (χ2n) is 7.11. The minimum Gasteiger partial charge on any atom is -0.385 e. The number of ether oxygens (including phenoxy) is 1. The van der Waals surface area contributed by atoms with Gasteiger partial charge >= 0.3 is 0 Å². The summed E-state index contributed by atoms with van der Waals surface area (Å²) < 4.78 is 7.68. The highest BCUT2D eigenvalue weighted by molar-refractivity contribution is 5.77. The van der Waals surface area contributed by atoms with Gasteiger partial charge in [-0.25, -0.2) is 0 Å². The Balaban J connectivity index is 1.72. The Kier molecular flexibility index (Phi) is 4.67. The molecule has 0 aliphatic carbocycles. The number of nitrogens with zero attached hydrogens (tertiary/aromatic N) is 3. The lowest BCUT2D eigenvalue weighted by Crippen LogP contribution is -2.51. The zero-order chi connectivity index (χ0) is 18.1. The lowest BCUT2D eigenvalue weighted by Gasteiger charge is -2.41. The second-order valence-corrected chi connectivity index (χ2v) is 7.11. The number of amides is 1. The summed E-state index contributed by atoms with van der Waals surface area (Å²) in [5.74, 6) is -0.0766. The first-order valence-electron chi connectivity index (χ1n) is 8.49. The first kappa shape index (κ1) is 17.6. The second kappa shape index (κ2) is 6.61. The lowest BCUT2D eigenvalue weighted by atomic mass is 9.91. The Morgan fingerprint density at radius 2 is 2.12 bits per heavy atom. The molecule has 6 nitrogen and oxygen atoms in total. The third-order valence-corrected chi connectivity index (χ3v) is 4.83. The molecule has 1 amide bonds. The Morgan fingerprint density at radius 1 is 1.40 bits per heavy atom. The molecule has 3 rings (SSSR count). The van der Waals surface area contributed by atoms with Crippen molar-refractivity contribution >= 4 is 5.91 Å². The van der Waals surface area contributed by atoms with Gasteiger partial charge in [0.2, 0.25) is 5.91 Å². The summed E-state index contributed by atoms with van der Waals surface area (Å²) in [7, 11) is 1.86. The number of carbonyl (C=O) groups is 1. The van der Waals surface area contributed by atoms with Crippen LogP contribution in [-0.2, 0) is 27.8 Å². The Bertz CT molecular complexity index is 741. The molecule has 1 aliphatic heterocycles. The maximum Gasteiger partial charge on any atom is 0.226 e. The van der Waals surface area contributed by atoms with E-state index in [0.29, 0.717) is 19.7 Å². The molecular weight excluding hydrogens is 318 g/mol. The summed E-state index contributed by atoms with van der Waals surface area (Å²) in [6.45, 7) is 5.09. The SMILES string of the molecule is Cn1cc(C2(C)CN(C(=O)CC(C)(O)c3ccccc3)CCO2)cn1. The first-order valence-corrected chi connectivity index (χ1v) is 8.49. The van der Waals surface area contributed by atoms with Crippen LogP contribution >= 0.6 is 0 Å². The predicted octanol–water partition coefficient (Wildman–Crippen LogP) is 1.79. The zero-order valence-corrected chi connectivity index (χ0v) is 15.0. The van der Waals surface area contributed by atoms with Crippen LogP contribution in [-0.4, -0.2) is 45.4 Å². The molecule has 0 bridgehead atoms. The fourth-order valence-corrected chi connectivity index (χ4v) is 3.26. The summed E-state index contributed by atoms with van der Waals surface area (Å²) in [6, 6.07) is 9.30. The van der Waals surface area contributed by atoms with Gasteiger partial charge in [-0.3, -0.25) is 9.48 Å². The van der Waals surface area contributed by atoms with Crippen LogP contribution in [0.1, 0.15) is 31.4 Å². The topological polar surface area (TPSA) is 67.6 Å². The molecule has 134 valence electrons. The predicted molar refractivity (Wildman–Crippen MR) is 93.7 cm³/mol. The van der Waals surface area contributed by atoms with E-state index in [1.54, 1.807) is 22.7 Å². The number of hydrogen-bond donors (Lipinski definition) is 1. The summed E-state index contributed by atoms with van der Waals surface area (Å²) in [5, 5.41) is 14.9. The van der Waals surface area contributed by atoms with Crippen LogP contribution in [0.5, 0.6) is 0 Å². The van der Waals surface area contributed by atoms with Crippen molar-refractivity contribution in [3.05, 3.63) is 53.9 Å². The highest BCUT2D eigenvalue weighted by Crippen LogP contribution is 2.31. The first-order chi connectivity index (χ1) is 11.8. The Morgan fingerprint density at radius 3 is 2.76 bits per heavy atom. The molecule has 1 saturated heterocycles. The number of carbonyl (C=O) groups excluding carboxylic acids is 1. The van der Waals surface area contributed by atoms with Gasteiger partial charge < -0.3 is 14.7 Å². The molecule has 6 heteroatoms. The van der Waals surface area contributed by atoms with Gasteiger partial charge in [-0.15, -0.1) is 0 Å². The van der Waals surface area contributed by atoms with Gasteiger partial charge in [-0.1, -0.05) is 30.3 Å². The van der Waals surface area contributed by atoms with E-state index >= 15 is 0 Å². The molecule has 1 aromatic heterocycles. The van der Waals surface area contributed by atoms with E-state index in [0.717, 1.165) is 11.1 Å². The van der Waals surface area contributed by atoms with Gasteiger partial charge in [0, 0.05) is 25.4 Å². The van der Waals surface area contributed by atoms with Crippen molar-refractivity contribution in [1.82, 2.24) is 14.7 Å². The maximum atomic E-state index is 12.8. The van der Waals surface area contributed by atoms with Crippen LogP contribution in [0.25, 0.3) is 0 Å². The Hall–Kier alpha value is -2.18. The summed E-state index contributed by atoms with van der Waals surface area (Å²) in [4.78, 5) is 14.6. The normalized spacial score (nSPS) is 23.3. The van der Waals surface area contributed by atoms with Crippen molar-refractivity contribution in [2.75, 3.05) is 19.7 Å². The fourth-order valence-electron chi connectivity index (χ4n) is 3.26. The van der Waals surface area contributed by atoms with Crippen LogP contribution < -0.4 is 0 Å². The molecule has 1 N–H and O–H groups in total. The maximum absolute atomic E-state index is 12.8. The third-order valence-electron chi connectivity index (χ3n) is 4.83. The molecule has 1 aromatic carbocycles. The molecule has 2 aromatic rings. The molecule has 2 atom stereocenters. The molecule has 0 radical (unpaired) electrons. The molecular formula is C19H25N3O3. The van der Waals surface area contributed by atoms with Crippen LogP contribution in [0.2, 0.25) is 0 Å². The summed E-state index contributed by atoms with van der Waals surface area (Å²) in [6.07, 6.45) is 3.72. The fraction of sp³-hybridized carbons (Fsp3) is 0.474. The van der Waals surface area contributed by atoms with Crippen LogP contribution in [0, 0.1) is 0 Å².